The van der Waals surface area contributed by atoms with E-state index in [1.165, 1.54) is 0 Å². The number of methoxy groups -OCH3 is 1. The van der Waals surface area contributed by atoms with Gasteiger partial charge in [-0.25, -0.2) is 4.79 Å². The molecule has 0 aromatic rings. The molecule has 4 aliphatic carbocycles. The summed E-state index contributed by atoms with van der Waals surface area (Å²) in [6.45, 7) is 6.48. The first-order valence-electron chi connectivity index (χ1n) is 14.6. The lowest BCUT2D eigenvalue weighted by molar-refractivity contribution is -0.287. The largest absolute Gasteiger partial charge is 0.458 e. The van der Waals surface area contributed by atoms with Crippen LogP contribution in [0, 0.1) is 28.1 Å². The minimum absolute atomic E-state index is 0.0677. The Kier molecular flexibility index (Phi) is 6.44. The van der Waals surface area contributed by atoms with Crippen molar-refractivity contribution in [1.29, 1.82) is 0 Å². The van der Waals surface area contributed by atoms with E-state index < -0.39 is 28.8 Å². The summed E-state index contributed by atoms with van der Waals surface area (Å²) in [6.07, 6.45) is 6.93. The van der Waals surface area contributed by atoms with E-state index in [2.05, 4.69) is 13.8 Å². The molecule has 38 heavy (non-hydrogen) atoms. The fourth-order valence-electron chi connectivity index (χ4n) is 9.81. The van der Waals surface area contributed by atoms with Crippen LogP contribution in [-0.2, 0) is 28.5 Å². The quantitative estimate of drug-likeness (QED) is 0.418. The number of hydrogen-bond donors (Lipinski definition) is 2. The van der Waals surface area contributed by atoms with Crippen molar-refractivity contribution >= 4 is 11.8 Å². The Bertz CT molecular complexity index is 1030. The number of aliphatic hydroxyl groups is 2. The number of esters is 1. The molecule has 5 fully saturated rings. The van der Waals surface area contributed by atoms with E-state index in [0.29, 0.717) is 38.1 Å². The highest BCUT2D eigenvalue weighted by Gasteiger charge is 2.71. The van der Waals surface area contributed by atoms with Gasteiger partial charge in [0.2, 0.25) is 0 Å². The first kappa shape index (κ1) is 26.9. The summed E-state index contributed by atoms with van der Waals surface area (Å²) >= 11 is 0. The monoisotopic (exact) mass is 532 g/mol. The number of hydrogen-bond acceptors (Lipinski definition) is 8. The van der Waals surface area contributed by atoms with Crippen LogP contribution in [0.15, 0.2) is 11.6 Å². The zero-order valence-electron chi connectivity index (χ0n) is 23.2. The number of Topliss-reactive ketones (excluding diaryl/α,β-unsaturated/α-hetero) is 1. The number of fused-ring (bicyclic) bond motifs is 3. The van der Waals surface area contributed by atoms with Crippen LogP contribution < -0.4 is 0 Å². The average molecular weight is 533 g/mol. The van der Waals surface area contributed by atoms with Gasteiger partial charge < -0.3 is 29.2 Å². The fraction of sp³-hybridized carbons (Fsp3) is 0.867. The summed E-state index contributed by atoms with van der Waals surface area (Å²) in [5.74, 6) is 0.276. The molecular weight excluding hydrogens is 488 g/mol. The predicted molar refractivity (Wildman–Crippen MR) is 137 cm³/mol. The lowest BCUT2D eigenvalue weighted by atomic mass is 9.36. The molecule has 0 aromatic heterocycles. The van der Waals surface area contributed by atoms with E-state index >= 15 is 0 Å². The Hall–Kier alpha value is -1.32. The van der Waals surface area contributed by atoms with Gasteiger partial charge in [0.05, 0.1) is 23.9 Å². The van der Waals surface area contributed by atoms with Crippen LogP contribution in [0.2, 0.25) is 0 Å². The number of carbonyl (C=O) groups is 2. The van der Waals surface area contributed by atoms with Crippen molar-refractivity contribution in [3.05, 3.63) is 11.6 Å². The normalized spacial score (nSPS) is 52.6. The van der Waals surface area contributed by atoms with Crippen molar-refractivity contribution in [1.82, 2.24) is 0 Å². The highest BCUT2D eigenvalue weighted by molar-refractivity contribution is 5.94. The molecule has 1 spiro atoms. The Morgan fingerprint density at radius 3 is 2.55 bits per heavy atom. The van der Waals surface area contributed by atoms with Crippen molar-refractivity contribution in [3.63, 3.8) is 0 Å². The summed E-state index contributed by atoms with van der Waals surface area (Å²) in [5.41, 5.74) is -1.14. The van der Waals surface area contributed by atoms with Crippen molar-refractivity contribution in [3.8, 4) is 0 Å². The molecule has 0 aromatic carbocycles. The first-order valence-corrected chi connectivity index (χ1v) is 14.6. The zero-order chi connectivity index (χ0) is 27.1. The molecule has 8 heteroatoms. The van der Waals surface area contributed by atoms with Gasteiger partial charge in [0, 0.05) is 42.3 Å². The standard InChI is InChI=1S/C30H44O8/c1-17-25(32)21(35-4)14-24(37-17)38-19-5-9-28(3)22-7-8-27(2)20(18-13-23(31)36-16-18)6-10-29(22,26(27)33)11-12-30(28,34)15-19/h13,17,19-22,24-25,32,34H,5-12,14-16H2,1-4H3. The molecule has 4 saturated carbocycles. The van der Waals surface area contributed by atoms with Crippen LogP contribution in [0.3, 0.4) is 0 Å². The second-order valence-corrected chi connectivity index (χ2v) is 13.6. The van der Waals surface area contributed by atoms with E-state index in [4.69, 9.17) is 18.9 Å². The Morgan fingerprint density at radius 2 is 1.84 bits per heavy atom. The minimum Gasteiger partial charge on any atom is -0.458 e. The third kappa shape index (κ3) is 3.73. The number of carbonyl (C=O) groups excluding carboxylic acids is 2. The number of cyclic esters (lactones) is 1. The molecule has 2 N–H and O–H groups in total. The summed E-state index contributed by atoms with van der Waals surface area (Å²) in [7, 11) is 1.59. The average Bonchev–Trinajstić information content (AvgIpc) is 3.29. The molecule has 2 bridgehead atoms. The lowest BCUT2D eigenvalue weighted by Crippen LogP contribution is -2.69. The van der Waals surface area contributed by atoms with Crippen molar-refractivity contribution in [2.45, 2.75) is 121 Å². The van der Waals surface area contributed by atoms with Gasteiger partial charge in [0.1, 0.15) is 18.5 Å². The van der Waals surface area contributed by atoms with Gasteiger partial charge in [-0.3, -0.25) is 4.79 Å². The third-order valence-electron chi connectivity index (χ3n) is 12.0. The molecule has 6 rings (SSSR count). The second-order valence-electron chi connectivity index (χ2n) is 13.6. The molecule has 6 aliphatic rings. The van der Waals surface area contributed by atoms with E-state index in [-0.39, 0.29) is 41.5 Å². The fourth-order valence-corrected chi connectivity index (χ4v) is 9.81. The molecule has 212 valence electrons. The van der Waals surface area contributed by atoms with E-state index in [1.54, 1.807) is 13.2 Å². The molecule has 0 radical (unpaired) electrons. The SMILES string of the molecule is COC1CC(OC2CCC3(C)C4CCC5(C)C(=O)C4(CCC5C4=CC(=O)OC4)CCC3(O)C2)OC(C)C1O. The molecule has 0 amide bonds. The lowest BCUT2D eigenvalue weighted by Gasteiger charge is -2.68. The number of ketones is 1. The third-order valence-corrected chi connectivity index (χ3v) is 12.0. The Balaban J connectivity index is 1.20. The Labute approximate surface area is 225 Å². The molecule has 1 saturated heterocycles. The van der Waals surface area contributed by atoms with Crippen molar-refractivity contribution in [2.75, 3.05) is 13.7 Å². The summed E-state index contributed by atoms with van der Waals surface area (Å²) in [4.78, 5) is 26.2. The molecule has 11 atom stereocenters. The summed E-state index contributed by atoms with van der Waals surface area (Å²) < 4.78 is 23.0. The summed E-state index contributed by atoms with van der Waals surface area (Å²) in [5, 5.41) is 22.5. The van der Waals surface area contributed by atoms with Gasteiger partial charge in [-0.05, 0) is 75.7 Å². The number of rotatable bonds is 4. The maximum Gasteiger partial charge on any atom is 0.331 e. The maximum atomic E-state index is 14.4. The van der Waals surface area contributed by atoms with E-state index in [9.17, 15) is 19.8 Å². The zero-order valence-corrected chi connectivity index (χ0v) is 23.2. The first-order chi connectivity index (χ1) is 18.0. The van der Waals surface area contributed by atoms with Gasteiger partial charge in [0.25, 0.3) is 0 Å². The highest BCUT2D eigenvalue weighted by Crippen LogP contribution is 2.71. The highest BCUT2D eigenvalue weighted by atomic mass is 16.7. The van der Waals surface area contributed by atoms with Gasteiger partial charge in [-0.1, -0.05) is 13.8 Å². The van der Waals surface area contributed by atoms with Crippen LogP contribution in [0.1, 0.15) is 85.0 Å². The van der Waals surface area contributed by atoms with Crippen molar-refractivity contribution in [2.24, 2.45) is 28.1 Å². The van der Waals surface area contributed by atoms with E-state index in [0.717, 1.165) is 44.1 Å². The van der Waals surface area contributed by atoms with Crippen LogP contribution in [0.25, 0.3) is 0 Å². The maximum absolute atomic E-state index is 14.4. The van der Waals surface area contributed by atoms with Gasteiger partial charge in [-0.2, -0.15) is 0 Å². The van der Waals surface area contributed by atoms with Crippen LogP contribution in [0.4, 0.5) is 0 Å². The number of ether oxygens (including phenoxy) is 4. The molecule has 2 heterocycles. The molecule has 8 nitrogen and oxygen atoms in total. The predicted octanol–water partition coefficient (Wildman–Crippen LogP) is 3.46. The van der Waals surface area contributed by atoms with Gasteiger partial charge in [0.15, 0.2) is 6.29 Å². The van der Waals surface area contributed by atoms with Crippen LogP contribution >= 0.6 is 0 Å². The van der Waals surface area contributed by atoms with E-state index in [1.807, 2.05) is 6.92 Å². The van der Waals surface area contributed by atoms with Crippen molar-refractivity contribution < 1.29 is 38.7 Å². The van der Waals surface area contributed by atoms with Gasteiger partial charge >= 0.3 is 5.97 Å². The molecule has 11 unspecified atom stereocenters. The molecule has 2 aliphatic heterocycles. The summed E-state index contributed by atoms with van der Waals surface area (Å²) in [6, 6.07) is 0. The Morgan fingerprint density at radius 1 is 1.05 bits per heavy atom. The molecular formula is C30H44O8. The topological polar surface area (TPSA) is 112 Å². The van der Waals surface area contributed by atoms with Crippen LogP contribution in [0.5, 0.6) is 0 Å². The van der Waals surface area contributed by atoms with Crippen LogP contribution in [-0.4, -0.2) is 72.0 Å². The number of aliphatic hydroxyl groups excluding tert-OH is 1. The minimum atomic E-state index is -0.897. The smallest absolute Gasteiger partial charge is 0.331 e. The second kappa shape index (κ2) is 9.10. The van der Waals surface area contributed by atoms with Gasteiger partial charge in [-0.15, -0.1) is 0 Å².